The number of hydrogen-bond acceptors (Lipinski definition) is 3. The minimum Gasteiger partial charge on any atom is -0.355 e. The normalized spacial score (nSPS) is 10.6. The fourth-order valence-corrected chi connectivity index (χ4v) is 3.77. The van der Waals surface area contributed by atoms with Crippen LogP contribution in [0.3, 0.4) is 0 Å². The van der Waals surface area contributed by atoms with Gasteiger partial charge in [0.1, 0.15) is 0 Å². The number of aryl methyl sites for hydroxylation is 2. The molecule has 0 bridgehead atoms. The molecule has 0 atom stereocenters. The van der Waals surface area contributed by atoms with Gasteiger partial charge in [-0.15, -0.1) is 11.8 Å². The van der Waals surface area contributed by atoms with Gasteiger partial charge < -0.3 is 5.32 Å². The average molecular weight is 360 g/mol. The highest BCUT2D eigenvalue weighted by Gasteiger charge is 2.02. The van der Waals surface area contributed by atoms with E-state index in [-0.39, 0.29) is 5.91 Å². The number of amides is 1. The molecule has 0 unspecified atom stereocenters. The van der Waals surface area contributed by atoms with Crippen LogP contribution in [0, 0.1) is 13.8 Å². The molecule has 2 aromatic rings. The molecule has 0 aromatic heterocycles. The monoisotopic (exact) mass is 359 g/mol. The lowest BCUT2D eigenvalue weighted by atomic mass is 10.2. The number of thioether (sulfide) groups is 2. The molecule has 2 aromatic carbocycles. The van der Waals surface area contributed by atoms with E-state index in [1.54, 1.807) is 11.8 Å². The average Bonchev–Trinajstić information content (AvgIpc) is 2.58. The molecular weight excluding hydrogens is 334 g/mol. The molecule has 1 amide bonds. The summed E-state index contributed by atoms with van der Waals surface area (Å²) >= 11 is 3.52. The summed E-state index contributed by atoms with van der Waals surface area (Å²) in [7, 11) is 0. The van der Waals surface area contributed by atoms with Gasteiger partial charge in [0.25, 0.3) is 0 Å². The van der Waals surface area contributed by atoms with E-state index >= 15 is 0 Å². The smallest absolute Gasteiger partial charge is 0.230 e. The van der Waals surface area contributed by atoms with Crippen LogP contribution >= 0.6 is 23.5 Å². The Labute approximate surface area is 153 Å². The fraction of sp³-hybridized carbons (Fsp3) is 0.350. The first-order valence-corrected chi connectivity index (χ1v) is 10.5. The Morgan fingerprint density at radius 2 is 1.33 bits per heavy atom. The molecule has 0 radical (unpaired) electrons. The second-order valence-corrected chi connectivity index (χ2v) is 7.96. The summed E-state index contributed by atoms with van der Waals surface area (Å²) in [6, 6.07) is 17.1. The van der Waals surface area contributed by atoms with Gasteiger partial charge in [0.15, 0.2) is 0 Å². The Balaban J connectivity index is 1.51. The molecule has 0 aliphatic rings. The van der Waals surface area contributed by atoms with E-state index < -0.39 is 0 Å². The van der Waals surface area contributed by atoms with Gasteiger partial charge >= 0.3 is 0 Å². The van der Waals surface area contributed by atoms with Crippen LogP contribution in [0.1, 0.15) is 22.3 Å². The first-order valence-electron chi connectivity index (χ1n) is 8.17. The Morgan fingerprint density at radius 1 is 0.833 bits per heavy atom. The summed E-state index contributed by atoms with van der Waals surface area (Å²) in [5.74, 6) is 3.48. The maximum atomic E-state index is 11.8. The van der Waals surface area contributed by atoms with E-state index in [4.69, 9.17) is 0 Å². The predicted octanol–water partition coefficient (Wildman–Crippen LogP) is 4.59. The zero-order chi connectivity index (χ0) is 17.2. The maximum Gasteiger partial charge on any atom is 0.230 e. The van der Waals surface area contributed by atoms with Crippen molar-refractivity contribution in [3.05, 3.63) is 70.8 Å². The second-order valence-electron chi connectivity index (χ2n) is 5.87. The minimum absolute atomic E-state index is 0.128. The zero-order valence-electron chi connectivity index (χ0n) is 14.4. The third-order valence-corrected chi connectivity index (χ3v) is 5.61. The summed E-state index contributed by atoms with van der Waals surface area (Å²) in [5.41, 5.74) is 5.17. The minimum atomic E-state index is 0.128. The third-order valence-electron chi connectivity index (χ3n) is 3.58. The number of nitrogens with one attached hydrogen (secondary N) is 1. The molecule has 0 saturated carbocycles. The van der Waals surface area contributed by atoms with Gasteiger partial charge in [-0.05, 0) is 25.0 Å². The highest BCUT2D eigenvalue weighted by Crippen LogP contribution is 2.13. The third kappa shape index (κ3) is 7.45. The molecule has 2 nitrogen and oxygen atoms in total. The topological polar surface area (TPSA) is 29.1 Å². The van der Waals surface area contributed by atoms with Crippen LogP contribution in [0.4, 0.5) is 0 Å². The first kappa shape index (κ1) is 18.9. The summed E-state index contributed by atoms with van der Waals surface area (Å²) in [6.07, 6.45) is 0. The van der Waals surface area contributed by atoms with Crippen molar-refractivity contribution < 1.29 is 4.79 Å². The van der Waals surface area contributed by atoms with Crippen molar-refractivity contribution in [3.63, 3.8) is 0 Å². The zero-order valence-corrected chi connectivity index (χ0v) is 16.0. The molecule has 0 aliphatic carbocycles. The molecule has 24 heavy (non-hydrogen) atoms. The van der Waals surface area contributed by atoms with E-state index in [1.165, 1.54) is 22.3 Å². The summed E-state index contributed by atoms with van der Waals surface area (Å²) in [6.45, 7) is 4.92. The van der Waals surface area contributed by atoms with E-state index in [0.29, 0.717) is 5.75 Å². The molecule has 1 N–H and O–H groups in total. The maximum absolute atomic E-state index is 11.8. The molecule has 128 valence electrons. The van der Waals surface area contributed by atoms with Crippen molar-refractivity contribution in [2.75, 3.05) is 18.1 Å². The van der Waals surface area contributed by atoms with Crippen LogP contribution < -0.4 is 5.32 Å². The molecule has 2 rings (SSSR count). The van der Waals surface area contributed by atoms with E-state index in [1.807, 2.05) is 11.8 Å². The lowest BCUT2D eigenvalue weighted by Gasteiger charge is -2.06. The summed E-state index contributed by atoms with van der Waals surface area (Å²) < 4.78 is 0. The number of hydrogen-bond donors (Lipinski definition) is 1. The van der Waals surface area contributed by atoms with Gasteiger partial charge in [-0.25, -0.2) is 0 Å². The molecule has 4 heteroatoms. The van der Waals surface area contributed by atoms with Crippen molar-refractivity contribution in [1.82, 2.24) is 5.32 Å². The number of carbonyl (C=O) groups is 1. The number of rotatable bonds is 9. The lowest BCUT2D eigenvalue weighted by Crippen LogP contribution is -2.27. The largest absolute Gasteiger partial charge is 0.355 e. The van der Waals surface area contributed by atoms with Crippen molar-refractivity contribution in [2.24, 2.45) is 0 Å². The summed E-state index contributed by atoms with van der Waals surface area (Å²) in [5, 5.41) is 2.99. The van der Waals surface area contributed by atoms with Crippen LogP contribution in [0.25, 0.3) is 0 Å². The van der Waals surface area contributed by atoms with Gasteiger partial charge in [-0.3, -0.25) is 4.79 Å². The Morgan fingerprint density at radius 3 is 1.88 bits per heavy atom. The van der Waals surface area contributed by atoms with E-state index in [2.05, 4.69) is 67.7 Å². The van der Waals surface area contributed by atoms with Gasteiger partial charge in [-0.2, -0.15) is 11.8 Å². The number of benzene rings is 2. The van der Waals surface area contributed by atoms with Crippen LogP contribution in [-0.4, -0.2) is 24.0 Å². The fourth-order valence-electron chi connectivity index (χ4n) is 2.13. The molecule has 0 spiro atoms. The Bertz CT molecular complexity index is 623. The molecule has 0 fully saturated rings. The van der Waals surface area contributed by atoms with E-state index in [9.17, 15) is 4.79 Å². The Kier molecular flexibility index (Phi) is 8.26. The lowest BCUT2D eigenvalue weighted by molar-refractivity contribution is -0.118. The van der Waals surface area contributed by atoms with Gasteiger partial charge in [0.2, 0.25) is 5.91 Å². The standard InChI is InChI=1S/C20H25NOS2/c1-16-3-7-18(8-4-16)13-23-12-11-21-20(22)15-24-14-19-9-5-17(2)6-10-19/h3-10H,11-15H2,1-2H3,(H,21,22). The van der Waals surface area contributed by atoms with Crippen LogP contribution in [0.5, 0.6) is 0 Å². The van der Waals surface area contributed by atoms with Crippen LogP contribution in [0.15, 0.2) is 48.5 Å². The van der Waals surface area contributed by atoms with Crippen molar-refractivity contribution >= 4 is 29.4 Å². The highest BCUT2D eigenvalue weighted by atomic mass is 32.2. The first-order chi connectivity index (χ1) is 11.6. The molecule has 0 saturated heterocycles. The summed E-state index contributed by atoms with van der Waals surface area (Å²) in [4.78, 5) is 11.8. The van der Waals surface area contributed by atoms with Gasteiger partial charge in [0, 0.05) is 23.8 Å². The molecular formula is C20H25NOS2. The second kappa shape index (κ2) is 10.5. The van der Waals surface area contributed by atoms with Crippen molar-refractivity contribution in [3.8, 4) is 0 Å². The molecule has 0 heterocycles. The van der Waals surface area contributed by atoms with Gasteiger partial charge in [0.05, 0.1) is 5.75 Å². The van der Waals surface area contributed by atoms with Gasteiger partial charge in [-0.1, -0.05) is 59.7 Å². The SMILES string of the molecule is Cc1ccc(CSCCNC(=O)CSCc2ccc(C)cc2)cc1. The van der Waals surface area contributed by atoms with Crippen molar-refractivity contribution in [2.45, 2.75) is 25.4 Å². The Hall–Kier alpha value is -1.39. The van der Waals surface area contributed by atoms with Crippen LogP contribution in [-0.2, 0) is 16.3 Å². The quantitative estimate of drug-likeness (QED) is 0.664. The van der Waals surface area contributed by atoms with Crippen molar-refractivity contribution in [1.29, 1.82) is 0 Å². The highest BCUT2D eigenvalue weighted by molar-refractivity contribution is 7.99. The van der Waals surface area contributed by atoms with Crippen LogP contribution in [0.2, 0.25) is 0 Å². The predicted molar refractivity (Wildman–Crippen MR) is 108 cm³/mol. The molecule has 0 aliphatic heterocycles. The van der Waals surface area contributed by atoms with E-state index in [0.717, 1.165) is 23.8 Å². The number of carbonyl (C=O) groups excluding carboxylic acids is 1.